The first kappa shape index (κ1) is 30.8. The number of amides is 1. The van der Waals surface area contributed by atoms with Gasteiger partial charge in [0.15, 0.2) is 0 Å². The van der Waals surface area contributed by atoms with E-state index in [1.54, 1.807) is 43.3 Å². The summed E-state index contributed by atoms with van der Waals surface area (Å²) in [5.41, 5.74) is 0.128. The number of azo groups is 1. The van der Waals surface area contributed by atoms with Gasteiger partial charge >= 0.3 is 29.6 Å². The predicted molar refractivity (Wildman–Crippen MR) is 144 cm³/mol. The van der Waals surface area contributed by atoms with E-state index in [2.05, 4.69) is 15.5 Å². The van der Waals surface area contributed by atoms with Gasteiger partial charge in [-0.1, -0.05) is 60.1 Å². The molecule has 0 fully saturated rings. The number of hydrogen-bond acceptors (Lipinski definition) is 7. The summed E-state index contributed by atoms with van der Waals surface area (Å²) < 4.78 is 38.8. The van der Waals surface area contributed by atoms with Gasteiger partial charge in [0, 0.05) is 21.7 Å². The molecule has 0 aliphatic heterocycles. The fourth-order valence-corrected chi connectivity index (χ4v) is 4.97. The Morgan fingerprint density at radius 2 is 1.77 bits per heavy atom. The SMILES string of the molecule is CCc1cc(S(=O)(=O)O)c(N=Nc2c([O-])c(C(=O)Nc3ccc(OC)c(Cl)c3)cc3ccccc23)cc1Cl.[Na+]. The van der Waals surface area contributed by atoms with Gasteiger partial charge in [0.2, 0.25) is 0 Å². The van der Waals surface area contributed by atoms with Gasteiger partial charge in [0.05, 0.1) is 17.8 Å². The van der Waals surface area contributed by atoms with Crippen LogP contribution in [0.15, 0.2) is 75.8 Å². The number of anilines is 1. The minimum Gasteiger partial charge on any atom is -0.870 e. The van der Waals surface area contributed by atoms with Crippen LogP contribution in [0.1, 0.15) is 22.8 Å². The Balaban J connectivity index is 0.00000420. The number of ether oxygens (including phenoxy) is 1. The van der Waals surface area contributed by atoms with Crippen molar-refractivity contribution in [3.05, 3.63) is 81.8 Å². The molecule has 0 saturated heterocycles. The predicted octanol–water partition coefficient (Wildman–Crippen LogP) is 3.71. The third kappa shape index (κ3) is 6.72. The van der Waals surface area contributed by atoms with Gasteiger partial charge in [-0.05, 0) is 53.8 Å². The molecule has 0 aromatic heterocycles. The van der Waals surface area contributed by atoms with E-state index in [9.17, 15) is 22.9 Å². The molecular formula is C26H20Cl2N3NaO6S. The van der Waals surface area contributed by atoms with E-state index in [-0.39, 0.29) is 56.5 Å². The number of benzene rings is 4. The molecule has 0 heterocycles. The Morgan fingerprint density at radius 1 is 1.05 bits per heavy atom. The minimum atomic E-state index is -4.68. The first-order chi connectivity index (χ1) is 18.0. The fraction of sp³-hybridized carbons (Fsp3) is 0.115. The van der Waals surface area contributed by atoms with Gasteiger partial charge in [-0.3, -0.25) is 9.35 Å². The van der Waals surface area contributed by atoms with Crippen molar-refractivity contribution in [2.45, 2.75) is 18.2 Å². The van der Waals surface area contributed by atoms with Crippen LogP contribution in [0.3, 0.4) is 0 Å². The fourth-order valence-electron chi connectivity index (χ4n) is 3.76. The van der Waals surface area contributed by atoms with Crippen LogP contribution in [-0.2, 0) is 16.5 Å². The first-order valence-electron chi connectivity index (χ1n) is 11.1. The maximum Gasteiger partial charge on any atom is 1.00 e. The molecule has 13 heteroatoms. The van der Waals surface area contributed by atoms with E-state index in [1.165, 1.54) is 31.4 Å². The summed E-state index contributed by atoms with van der Waals surface area (Å²) >= 11 is 12.4. The Bertz CT molecular complexity index is 1710. The number of halogens is 2. The number of rotatable bonds is 7. The number of carbonyl (C=O) groups excluding carboxylic acids is 1. The second-order valence-corrected chi connectivity index (χ2v) is 10.3. The zero-order valence-electron chi connectivity index (χ0n) is 21.0. The van der Waals surface area contributed by atoms with Gasteiger partial charge in [0.25, 0.3) is 16.0 Å². The van der Waals surface area contributed by atoms with Crippen molar-refractivity contribution in [3.63, 3.8) is 0 Å². The number of nitrogens with zero attached hydrogens (tertiary/aromatic N) is 2. The number of hydrogen-bond donors (Lipinski definition) is 2. The molecule has 39 heavy (non-hydrogen) atoms. The Kier molecular flexibility index (Phi) is 10.0. The van der Waals surface area contributed by atoms with Gasteiger partial charge in [-0.2, -0.15) is 13.5 Å². The van der Waals surface area contributed by atoms with Crippen molar-refractivity contribution in [3.8, 4) is 11.5 Å². The molecule has 0 unspecified atom stereocenters. The zero-order valence-corrected chi connectivity index (χ0v) is 25.4. The second kappa shape index (κ2) is 12.6. The van der Waals surface area contributed by atoms with Crippen LogP contribution < -0.4 is 44.7 Å². The van der Waals surface area contributed by atoms with Crippen LogP contribution in [-0.4, -0.2) is 26.0 Å². The largest absolute Gasteiger partial charge is 1.00 e. The van der Waals surface area contributed by atoms with Crippen molar-refractivity contribution in [1.82, 2.24) is 0 Å². The number of aryl methyl sites for hydroxylation is 1. The number of fused-ring (bicyclic) bond motifs is 1. The molecule has 2 N–H and O–H groups in total. The summed E-state index contributed by atoms with van der Waals surface area (Å²) in [4.78, 5) is 12.6. The number of methoxy groups -OCH3 is 1. The molecule has 9 nitrogen and oxygen atoms in total. The monoisotopic (exact) mass is 595 g/mol. The summed E-state index contributed by atoms with van der Waals surface area (Å²) in [5.74, 6) is -1.04. The smallest absolute Gasteiger partial charge is 0.870 e. The normalized spacial score (nSPS) is 11.4. The third-order valence-corrected chi connectivity index (χ3v) is 7.20. The summed E-state index contributed by atoms with van der Waals surface area (Å²) in [5, 5.41) is 25.4. The van der Waals surface area contributed by atoms with Crippen molar-refractivity contribution in [2.75, 3.05) is 12.4 Å². The van der Waals surface area contributed by atoms with Crippen molar-refractivity contribution >= 4 is 67.1 Å². The molecule has 0 aliphatic carbocycles. The second-order valence-electron chi connectivity index (χ2n) is 8.07. The number of nitrogens with one attached hydrogen (secondary N) is 1. The quantitative estimate of drug-likeness (QED) is 0.189. The molecule has 4 rings (SSSR count). The summed E-state index contributed by atoms with van der Waals surface area (Å²) in [7, 11) is -3.22. The molecule has 4 aromatic rings. The standard InChI is InChI=1S/C26H21Cl2N3O6S.Na/c1-3-14-11-23(38(34,35)36)21(13-19(14)27)30-31-24-17-7-5-4-6-15(17)10-18(25(24)32)26(33)29-16-8-9-22(37-2)20(28)12-16;/h4-13,32H,3H2,1-2H3,(H,29,33)(H,34,35,36);/q;+1/p-1. The van der Waals surface area contributed by atoms with Crippen LogP contribution in [0.25, 0.3) is 10.8 Å². The maximum atomic E-state index is 13.4. The molecule has 196 valence electrons. The molecule has 0 spiro atoms. The molecule has 0 radical (unpaired) electrons. The summed E-state index contributed by atoms with van der Waals surface area (Å²) in [6, 6.07) is 15.2. The van der Waals surface area contributed by atoms with Crippen LogP contribution in [0.2, 0.25) is 10.0 Å². The Hall–Kier alpha value is -2.70. The van der Waals surface area contributed by atoms with Gasteiger partial charge in [0.1, 0.15) is 16.3 Å². The van der Waals surface area contributed by atoms with E-state index in [0.717, 1.165) is 0 Å². The summed E-state index contributed by atoms with van der Waals surface area (Å²) in [6.07, 6.45) is 0.407. The summed E-state index contributed by atoms with van der Waals surface area (Å²) in [6.45, 7) is 1.77. The van der Waals surface area contributed by atoms with E-state index in [0.29, 0.717) is 34.2 Å². The van der Waals surface area contributed by atoms with Crippen LogP contribution in [0.5, 0.6) is 11.5 Å². The molecule has 0 saturated carbocycles. The molecule has 1 amide bonds. The van der Waals surface area contributed by atoms with Crippen LogP contribution in [0, 0.1) is 0 Å². The average Bonchev–Trinajstić information content (AvgIpc) is 2.87. The van der Waals surface area contributed by atoms with E-state index < -0.39 is 26.7 Å². The molecule has 0 atom stereocenters. The van der Waals surface area contributed by atoms with E-state index in [4.69, 9.17) is 27.9 Å². The minimum absolute atomic E-state index is 0. The molecule has 4 aromatic carbocycles. The van der Waals surface area contributed by atoms with Crippen molar-refractivity contribution < 1.29 is 57.2 Å². The Morgan fingerprint density at radius 3 is 2.41 bits per heavy atom. The van der Waals surface area contributed by atoms with Crippen LogP contribution in [0.4, 0.5) is 17.1 Å². The number of carbonyl (C=O) groups is 1. The van der Waals surface area contributed by atoms with E-state index >= 15 is 0 Å². The third-order valence-electron chi connectivity index (χ3n) is 5.67. The zero-order chi connectivity index (χ0) is 27.6. The molecule has 0 aliphatic rings. The van der Waals surface area contributed by atoms with E-state index in [1.807, 2.05) is 0 Å². The average molecular weight is 596 g/mol. The molecular weight excluding hydrogens is 576 g/mol. The van der Waals surface area contributed by atoms with Gasteiger partial charge in [-0.25, -0.2) is 0 Å². The van der Waals surface area contributed by atoms with Gasteiger partial charge < -0.3 is 15.2 Å². The van der Waals surface area contributed by atoms with Crippen molar-refractivity contribution in [1.29, 1.82) is 0 Å². The topological polar surface area (TPSA) is 140 Å². The van der Waals surface area contributed by atoms with Crippen LogP contribution >= 0.6 is 23.2 Å². The van der Waals surface area contributed by atoms with Crippen molar-refractivity contribution in [2.24, 2.45) is 10.2 Å². The Labute approximate surface area is 256 Å². The molecule has 0 bridgehead atoms. The maximum absolute atomic E-state index is 13.4. The first-order valence-corrected chi connectivity index (χ1v) is 13.3. The van der Waals surface area contributed by atoms with Gasteiger partial charge in [-0.15, -0.1) is 5.11 Å².